The highest BCUT2D eigenvalue weighted by molar-refractivity contribution is 4.81. The van der Waals surface area contributed by atoms with Crippen LogP contribution in [0, 0.1) is 5.41 Å². The third kappa shape index (κ3) is 6.19. The summed E-state index contributed by atoms with van der Waals surface area (Å²) < 4.78 is 11.1. The van der Waals surface area contributed by atoms with E-state index in [-0.39, 0.29) is 0 Å². The molecule has 1 saturated carbocycles. The zero-order valence-electron chi connectivity index (χ0n) is 12.7. The van der Waals surface area contributed by atoms with E-state index in [1.54, 1.807) is 0 Å². The van der Waals surface area contributed by atoms with Gasteiger partial charge in [-0.2, -0.15) is 0 Å². The molecule has 0 radical (unpaired) electrons. The van der Waals surface area contributed by atoms with E-state index in [1.807, 2.05) is 0 Å². The zero-order chi connectivity index (χ0) is 13.3. The SMILES string of the molecule is CCC1(CCCOCCOC(C)C)CCCCC1. The Morgan fingerprint density at radius 3 is 2.33 bits per heavy atom. The van der Waals surface area contributed by atoms with Crippen molar-refractivity contribution in [3.8, 4) is 0 Å². The second-order valence-corrected chi connectivity index (χ2v) is 6.05. The molecule has 0 aliphatic heterocycles. The van der Waals surface area contributed by atoms with E-state index in [0.29, 0.717) is 11.5 Å². The zero-order valence-corrected chi connectivity index (χ0v) is 12.7. The van der Waals surface area contributed by atoms with Gasteiger partial charge >= 0.3 is 0 Å². The molecular weight excluding hydrogens is 224 g/mol. The molecule has 1 aliphatic rings. The summed E-state index contributed by atoms with van der Waals surface area (Å²) in [5.74, 6) is 0. The summed E-state index contributed by atoms with van der Waals surface area (Å²) in [4.78, 5) is 0. The predicted molar refractivity (Wildman–Crippen MR) is 77.0 cm³/mol. The summed E-state index contributed by atoms with van der Waals surface area (Å²) in [6, 6.07) is 0. The molecule has 0 bridgehead atoms. The summed E-state index contributed by atoms with van der Waals surface area (Å²) in [6.45, 7) is 8.88. The Bertz CT molecular complexity index is 195. The van der Waals surface area contributed by atoms with E-state index in [1.165, 1.54) is 51.4 Å². The molecule has 0 saturated heterocycles. The third-order valence-electron chi connectivity index (χ3n) is 4.34. The summed E-state index contributed by atoms with van der Waals surface area (Å²) in [5.41, 5.74) is 0.649. The van der Waals surface area contributed by atoms with E-state index < -0.39 is 0 Å². The van der Waals surface area contributed by atoms with E-state index >= 15 is 0 Å². The monoisotopic (exact) mass is 256 g/mol. The van der Waals surface area contributed by atoms with Crippen LogP contribution >= 0.6 is 0 Å². The van der Waals surface area contributed by atoms with Gasteiger partial charge in [-0.3, -0.25) is 0 Å². The molecule has 2 nitrogen and oxygen atoms in total. The van der Waals surface area contributed by atoms with E-state index in [4.69, 9.17) is 9.47 Å². The topological polar surface area (TPSA) is 18.5 Å². The number of ether oxygens (including phenoxy) is 2. The molecule has 0 N–H and O–H groups in total. The first kappa shape index (κ1) is 16.0. The molecule has 0 aromatic heterocycles. The Balaban J connectivity index is 2.02. The predicted octanol–water partition coefficient (Wildman–Crippen LogP) is 4.57. The lowest BCUT2D eigenvalue weighted by atomic mass is 9.69. The van der Waals surface area contributed by atoms with Crippen molar-refractivity contribution in [2.24, 2.45) is 5.41 Å². The molecule has 0 amide bonds. The molecule has 0 unspecified atom stereocenters. The molecule has 2 heteroatoms. The van der Waals surface area contributed by atoms with Gasteiger partial charge in [0, 0.05) is 6.61 Å². The first-order chi connectivity index (χ1) is 8.68. The molecule has 0 heterocycles. The van der Waals surface area contributed by atoms with Gasteiger partial charge < -0.3 is 9.47 Å². The highest BCUT2D eigenvalue weighted by Crippen LogP contribution is 2.42. The van der Waals surface area contributed by atoms with Crippen molar-refractivity contribution in [1.82, 2.24) is 0 Å². The summed E-state index contributed by atoms with van der Waals surface area (Å²) >= 11 is 0. The molecule has 0 spiro atoms. The molecule has 0 atom stereocenters. The maximum absolute atomic E-state index is 5.64. The molecule has 1 aliphatic carbocycles. The lowest BCUT2D eigenvalue weighted by molar-refractivity contribution is 0.0154. The van der Waals surface area contributed by atoms with Crippen molar-refractivity contribution in [2.75, 3.05) is 19.8 Å². The molecule has 0 aromatic rings. The lowest BCUT2D eigenvalue weighted by Crippen LogP contribution is -2.23. The van der Waals surface area contributed by atoms with Crippen molar-refractivity contribution in [1.29, 1.82) is 0 Å². The van der Waals surface area contributed by atoms with Crippen LogP contribution in [0.1, 0.15) is 72.1 Å². The lowest BCUT2D eigenvalue weighted by Gasteiger charge is -2.36. The summed E-state index contributed by atoms with van der Waals surface area (Å²) in [6.07, 6.45) is 11.5. The van der Waals surface area contributed by atoms with Crippen molar-refractivity contribution < 1.29 is 9.47 Å². The fraction of sp³-hybridized carbons (Fsp3) is 1.00. The second-order valence-electron chi connectivity index (χ2n) is 6.05. The Labute approximate surface area is 113 Å². The standard InChI is InChI=1S/C16H32O2/c1-4-16(9-6-5-7-10-16)11-8-12-17-13-14-18-15(2)3/h15H,4-14H2,1-3H3. The van der Waals surface area contributed by atoms with Gasteiger partial charge in [-0.15, -0.1) is 0 Å². The van der Waals surface area contributed by atoms with Crippen molar-refractivity contribution >= 4 is 0 Å². The Hall–Kier alpha value is -0.0800. The van der Waals surface area contributed by atoms with Gasteiger partial charge in [0.25, 0.3) is 0 Å². The fourth-order valence-electron chi connectivity index (χ4n) is 3.08. The largest absolute Gasteiger partial charge is 0.379 e. The minimum Gasteiger partial charge on any atom is -0.379 e. The van der Waals surface area contributed by atoms with E-state index in [2.05, 4.69) is 20.8 Å². The first-order valence-electron chi connectivity index (χ1n) is 7.88. The molecule has 18 heavy (non-hydrogen) atoms. The van der Waals surface area contributed by atoms with Crippen LogP contribution in [0.2, 0.25) is 0 Å². The van der Waals surface area contributed by atoms with Gasteiger partial charge in [-0.05, 0) is 44.9 Å². The maximum Gasteiger partial charge on any atom is 0.0703 e. The smallest absolute Gasteiger partial charge is 0.0703 e. The molecule has 108 valence electrons. The van der Waals surface area contributed by atoms with Crippen LogP contribution in [0.4, 0.5) is 0 Å². The van der Waals surface area contributed by atoms with Crippen LogP contribution in [0.15, 0.2) is 0 Å². The molecule has 1 fully saturated rings. The van der Waals surface area contributed by atoms with Gasteiger partial charge in [0.05, 0.1) is 19.3 Å². The van der Waals surface area contributed by atoms with Gasteiger partial charge in [0.1, 0.15) is 0 Å². The van der Waals surface area contributed by atoms with Crippen LogP contribution in [0.3, 0.4) is 0 Å². The number of rotatable bonds is 9. The minimum absolute atomic E-state index is 0.319. The normalized spacial score (nSPS) is 19.3. The molecular formula is C16H32O2. The fourth-order valence-corrected chi connectivity index (χ4v) is 3.08. The van der Waals surface area contributed by atoms with Gasteiger partial charge in [-0.25, -0.2) is 0 Å². The Kier molecular flexibility index (Phi) is 7.92. The van der Waals surface area contributed by atoms with Gasteiger partial charge in [0.15, 0.2) is 0 Å². The van der Waals surface area contributed by atoms with Crippen molar-refractivity contribution in [3.05, 3.63) is 0 Å². The van der Waals surface area contributed by atoms with Crippen LogP contribution in [0.5, 0.6) is 0 Å². The minimum atomic E-state index is 0.319. The van der Waals surface area contributed by atoms with Crippen molar-refractivity contribution in [3.63, 3.8) is 0 Å². The highest BCUT2D eigenvalue weighted by atomic mass is 16.5. The maximum atomic E-state index is 5.64. The summed E-state index contributed by atoms with van der Waals surface area (Å²) in [7, 11) is 0. The number of hydrogen-bond donors (Lipinski definition) is 0. The molecule has 1 rings (SSSR count). The van der Waals surface area contributed by atoms with Crippen LogP contribution in [-0.2, 0) is 9.47 Å². The summed E-state index contributed by atoms with van der Waals surface area (Å²) in [5, 5.41) is 0. The Morgan fingerprint density at radius 2 is 1.72 bits per heavy atom. The number of hydrogen-bond acceptors (Lipinski definition) is 2. The highest BCUT2D eigenvalue weighted by Gasteiger charge is 2.29. The van der Waals surface area contributed by atoms with E-state index in [0.717, 1.165) is 19.8 Å². The van der Waals surface area contributed by atoms with Crippen molar-refractivity contribution in [2.45, 2.75) is 78.2 Å². The van der Waals surface area contributed by atoms with Crippen LogP contribution in [-0.4, -0.2) is 25.9 Å². The van der Waals surface area contributed by atoms with E-state index in [9.17, 15) is 0 Å². The second kappa shape index (κ2) is 8.92. The van der Waals surface area contributed by atoms with Crippen LogP contribution in [0.25, 0.3) is 0 Å². The van der Waals surface area contributed by atoms with Gasteiger partial charge in [-0.1, -0.05) is 32.6 Å². The average molecular weight is 256 g/mol. The average Bonchev–Trinajstić information content (AvgIpc) is 2.38. The van der Waals surface area contributed by atoms with Gasteiger partial charge in [0.2, 0.25) is 0 Å². The quantitative estimate of drug-likeness (QED) is 0.563. The first-order valence-corrected chi connectivity index (χ1v) is 7.88. The molecule has 0 aromatic carbocycles. The van der Waals surface area contributed by atoms with Crippen LogP contribution < -0.4 is 0 Å². The Morgan fingerprint density at radius 1 is 1.00 bits per heavy atom. The third-order valence-corrected chi connectivity index (χ3v) is 4.34.